The maximum absolute atomic E-state index is 4.68. The second kappa shape index (κ2) is 7.50. The van der Waals surface area contributed by atoms with Gasteiger partial charge in [-0.3, -0.25) is 4.98 Å². The minimum absolute atomic E-state index is 0.564. The predicted molar refractivity (Wildman–Crippen MR) is 108 cm³/mol. The molecular weight excluding hydrogens is 350 g/mol. The van der Waals surface area contributed by atoms with Gasteiger partial charge in [-0.15, -0.1) is 10.2 Å². The van der Waals surface area contributed by atoms with Crippen LogP contribution in [0.25, 0.3) is 11.3 Å². The number of nitrogens with zero attached hydrogens (tertiary/aromatic N) is 6. The topological polar surface area (TPSA) is 79.7 Å². The number of nitrogens with one attached hydrogen (secondary N) is 1. The highest BCUT2D eigenvalue weighted by Gasteiger charge is 2.28. The molecule has 0 amide bonds. The van der Waals surface area contributed by atoms with Crippen LogP contribution in [0.2, 0.25) is 0 Å². The lowest BCUT2D eigenvalue weighted by atomic mass is 9.85. The molecule has 1 saturated carbocycles. The zero-order valence-electron chi connectivity index (χ0n) is 15.7. The first-order valence-corrected chi connectivity index (χ1v) is 9.91. The summed E-state index contributed by atoms with van der Waals surface area (Å²) < 4.78 is 0. The maximum Gasteiger partial charge on any atom is 0.151 e. The summed E-state index contributed by atoms with van der Waals surface area (Å²) in [4.78, 5) is 15.4. The van der Waals surface area contributed by atoms with E-state index in [1.165, 1.54) is 19.3 Å². The van der Waals surface area contributed by atoms with Crippen LogP contribution >= 0.6 is 0 Å². The summed E-state index contributed by atoms with van der Waals surface area (Å²) in [7, 11) is 0. The van der Waals surface area contributed by atoms with Crippen LogP contribution in [-0.2, 0) is 0 Å². The SMILES string of the molecule is c1cc(-c2ccc(N3CC(CNc4ccnc(C5CCC5)n4)C3)nn2)ccn1. The highest BCUT2D eigenvalue weighted by Crippen LogP contribution is 2.34. The summed E-state index contributed by atoms with van der Waals surface area (Å²) in [6.07, 6.45) is 9.16. The van der Waals surface area contributed by atoms with Crippen LogP contribution < -0.4 is 10.2 Å². The monoisotopic (exact) mass is 373 g/mol. The summed E-state index contributed by atoms with van der Waals surface area (Å²) in [5, 5.41) is 12.2. The molecule has 2 fully saturated rings. The molecule has 0 bridgehead atoms. The maximum atomic E-state index is 4.68. The Morgan fingerprint density at radius 2 is 1.82 bits per heavy atom. The Balaban J connectivity index is 1.13. The zero-order chi connectivity index (χ0) is 18.8. The number of hydrogen-bond donors (Lipinski definition) is 1. The zero-order valence-corrected chi connectivity index (χ0v) is 15.7. The largest absolute Gasteiger partial charge is 0.370 e. The standard InChI is InChI=1S/C21H23N7/c1-2-17(3-1)21-23-11-8-19(25-21)24-12-15-13-28(14-15)20-5-4-18(26-27-20)16-6-9-22-10-7-16/h4-11,15,17H,1-3,12-14H2,(H,23,24,25). The van der Waals surface area contributed by atoms with Crippen LogP contribution in [0.1, 0.15) is 31.0 Å². The van der Waals surface area contributed by atoms with Gasteiger partial charge in [0, 0.05) is 55.6 Å². The quantitative estimate of drug-likeness (QED) is 0.711. The van der Waals surface area contributed by atoms with Gasteiger partial charge in [0.25, 0.3) is 0 Å². The molecule has 142 valence electrons. The molecule has 7 heteroatoms. The normalized spacial score (nSPS) is 17.1. The lowest BCUT2D eigenvalue weighted by molar-refractivity contribution is 0.401. The summed E-state index contributed by atoms with van der Waals surface area (Å²) in [6, 6.07) is 9.91. The second-order valence-corrected chi connectivity index (χ2v) is 7.59. The van der Waals surface area contributed by atoms with Crippen LogP contribution in [0, 0.1) is 5.92 Å². The fraction of sp³-hybridized carbons (Fsp3) is 0.381. The minimum Gasteiger partial charge on any atom is -0.370 e. The molecule has 1 aliphatic heterocycles. The molecule has 28 heavy (non-hydrogen) atoms. The molecule has 1 aliphatic carbocycles. The van der Waals surface area contributed by atoms with Crippen molar-refractivity contribution in [2.75, 3.05) is 29.9 Å². The summed E-state index contributed by atoms with van der Waals surface area (Å²) in [6.45, 7) is 2.88. The molecule has 0 radical (unpaired) electrons. The molecular formula is C21H23N7. The van der Waals surface area contributed by atoms with Gasteiger partial charge < -0.3 is 10.2 Å². The molecule has 4 heterocycles. The molecule has 0 atom stereocenters. The number of rotatable bonds is 6. The molecule has 3 aromatic heterocycles. The molecule has 1 N–H and O–H groups in total. The van der Waals surface area contributed by atoms with E-state index in [9.17, 15) is 0 Å². The molecule has 3 aromatic rings. The summed E-state index contributed by atoms with van der Waals surface area (Å²) >= 11 is 0. The van der Waals surface area contributed by atoms with Crippen molar-refractivity contribution in [2.24, 2.45) is 5.92 Å². The smallest absolute Gasteiger partial charge is 0.151 e. The molecule has 2 aliphatic rings. The third kappa shape index (κ3) is 3.52. The average molecular weight is 373 g/mol. The lowest BCUT2D eigenvalue weighted by Gasteiger charge is -2.40. The van der Waals surface area contributed by atoms with Crippen molar-refractivity contribution in [2.45, 2.75) is 25.2 Å². The van der Waals surface area contributed by atoms with Gasteiger partial charge in [-0.05, 0) is 43.2 Å². The average Bonchev–Trinajstić information content (AvgIpc) is 2.67. The van der Waals surface area contributed by atoms with Gasteiger partial charge in [0.15, 0.2) is 5.82 Å². The molecule has 0 aromatic carbocycles. The number of pyridine rings is 1. The van der Waals surface area contributed by atoms with Gasteiger partial charge >= 0.3 is 0 Å². The highest BCUT2D eigenvalue weighted by molar-refractivity contribution is 5.59. The number of hydrogen-bond acceptors (Lipinski definition) is 7. The van der Waals surface area contributed by atoms with Crippen LogP contribution in [-0.4, -0.2) is 44.8 Å². The Morgan fingerprint density at radius 3 is 2.54 bits per heavy atom. The van der Waals surface area contributed by atoms with Crippen LogP contribution in [0.5, 0.6) is 0 Å². The van der Waals surface area contributed by atoms with E-state index in [1.54, 1.807) is 12.4 Å². The fourth-order valence-corrected chi connectivity index (χ4v) is 3.64. The van der Waals surface area contributed by atoms with E-state index in [0.29, 0.717) is 11.8 Å². The lowest BCUT2D eigenvalue weighted by Crippen LogP contribution is -2.50. The van der Waals surface area contributed by atoms with Gasteiger partial charge in [-0.25, -0.2) is 9.97 Å². The number of aromatic nitrogens is 5. The van der Waals surface area contributed by atoms with Crippen molar-refractivity contribution < 1.29 is 0 Å². The molecule has 7 nitrogen and oxygen atoms in total. The van der Waals surface area contributed by atoms with Gasteiger partial charge in [0.2, 0.25) is 0 Å². The summed E-state index contributed by atoms with van der Waals surface area (Å²) in [5.74, 6) is 4.02. The Kier molecular flexibility index (Phi) is 4.56. The predicted octanol–water partition coefficient (Wildman–Crippen LogP) is 3.14. The number of anilines is 2. The van der Waals surface area contributed by atoms with Crippen molar-refractivity contribution in [3.05, 3.63) is 54.7 Å². The first kappa shape index (κ1) is 17.0. The fourth-order valence-electron chi connectivity index (χ4n) is 3.64. The van der Waals surface area contributed by atoms with Crippen LogP contribution in [0.15, 0.2) is 48.9 Å². The van der Waals surface area contributed by atoms with E-state index in [-0.39, 0.29) is 0 Å². The third-order valence-electron chi connectivity index (χ3n) is 5.62. The highest BCUT2D eigenvalue weighted by atomic mass is 15.3. The minimum atomic E-state index is 0.564. The Morgan fingerprint density at radius 1 is 0.964 bits per heavy atom. The van der Waals surface area contributed by atoms with E-state index < -0.39 is 0 Å². The molecule has 5 rings (SSSR count). The Hall–Kier alpha value is -3.09. The van der Waals surface area contributed by atoms with Gasteiger partial charge in [-0.1, -0.05) is 6.42 Å². The molecule has 0 spiro atoms. The van der Waals surface area contributed by atoms with Crippen LogP contribution in [0.3, 0.4) is 0 Å². The van der Waals surface area contributed by atoms with Crippen LogP contribution in [0.4, 0.5) is 11.6 Å². The summed E-state index contributed by atoms with van der Waals surface area (Å²) in [5.41, 5.74) is 1.90. The first-order valence-electron chi connectivity index (χ1n) is 9.91. The van der Waals surface area contributed by atoms with E-state index in [1.807, 2.05) is 36.5 Å². The van der Waals surface area contributed by atoms with Gasteiger partial charge in [-0.2, -0.15) is 0 Å². The van der Waals surface area contributed by atoms with E-state index in [0.717, 1.165) is 48.4 Å². The van der Waals surface area contributed by atoms with Crippen molar-refractivity contribution in [3.63, 3.8) is 0 Å². The van der Waals surface area contributed by atoms with Gasteiger partial charge in [0.1, 0.15) is 11.6 Å². The van der Waals surface area contributed by atoms with Crippen molar-refractivity contribution in [1.82, 2.24) is 25.1 Å². The molecule has 0 unspecified atom stereocenters. The Labute approximate surface area is 164 Å². The van der Waals surface area contributed by atoms with Gasteiger partial charge in [0.05, 0.1) is 5.69 Å². The Bertz CT molecular complexity index is 919. The third-order valence-corrected chi connectivity index (χ3v) is 5.62. The second-order valence-electron chi connectivity index (χ2n) is 7.59. The first-order chi connectivity index (χ1) is 13.8. The van der Waals surface area contributed by atoms with Crippen molar-refractivity contribution >= 4 is 11.6 Å². The van der Waals surface area contributed by atoms with Crippen molar-refractivity contribution in [1.29, 1.82) is 0 Å². The van der Waals surface area contributed by atoms with E-state index >= 15 is 0 Å². The van der Waals surface area contributed by atoms with E-state index in [4.69, 9.17) is 0 Å². The van der Waals surface area contributed by atoms with Crippen molar-refractivity contribution in [3.8, 4) is 11.3 Å². The molecule has 1 saturated heterocycles. The van der Waals surface area contributed by atoms with E-state index in [2.05, 4.69) is 35.4 Å².